The maximum Gasteiger partial charge on any atom is 0.230 e. The molecule has 3 rings (SSSR count). The Morgan fingerprint density at radius 3 is 2.86 bits per heavy atom. The van der Waals surface area contributed by atoms with Gasteiger partial charge in [-0.25, -0.2) is 0 Å². The number of hydrogen-bond acceptors (Lipinski definition) is 3. The van der Waals surface area contributed by atoms with Crippen LogP contribution >= 0.6 is 0 Å². The summed E-state index contributed by atoms with van der Waals surface area (Å²) >= 11 is 0. The molecule has 1 amide bonds. The standard InChI is InChI=1S/C17H22N2O2/c1-17(2)11-19(10-9-18-17)16(21)14-7-8-15(20)13-6-4-3-5-12(13)14/h3-6,14,18H,7-11H2,1-2H3. The highest BCUT2D eigenvalue weighted by Gasteiger charge is 2.36. The molecule has 1 N–H and O–H groups in total. The third kappa shape index (κ3) is 2.72. The second-order valence-electron chi connectivity index (χ2n) is 6.67. The van der Waals surface area contributed by atoms with E-state index >= 15 is 0 Å². The van der Waals surface area contributed by atoms with Crippen molar-refractivity contribution in [3.8, 4) is 0 Å². The van der Waals surface area contributed by atoms with Crippen molar-refractivity contribution in [2.45, 2.75) is 38.1 Å². The van der Waals surface area contributed by atoms with Crippen LogP contribution in [-0.4, -0.2) is 41.8 Å². The lowest BCUT2D eigenvalue weighted by molar-refractivity contribution is -0.135. The molecular formula is C17H22N2O2. The van der Waals surface area contributed by atoms with Crippen molar-refractivity contribution >= 4 is 11.7 Å². The van der Waals surface area contributed by atoms with Gasteiger partial charge >= 0.3 is 0 Å². The van der Waals surface area contributed by atoms with Gasteiger partial charge in [-0.05, 0) is 25.8 Å². The second-order valence-corrected chi connectivity index (χ2v) is 6.67. The lowest BCUT2D eigenvalue weighted by Gasteiger charge is -2.41. The quantitative estimate of drug-likeness (QED) is 0.858. The highest BCUT2D eigenvalue weighted by Crippen LogP contribution is 2.33. The maximum atomic E-state index is 12.9. The Balaban J connectivity index is 1.86. The van der Waals surface area contributed by atoms with Crippen molar-refractivity contribution in [1.82, 2.24) is 10.2 Å². The molecule has 112 valence electrons. The fourth-order valence-corrected chi connectivity index (χ4v) is 3.43. The third-order valence-electron chi connectivity index (χ3n) is 4.48. The lowest BCUT2D eigenvalue weighted by Crippen LogP contribution is -2.59. The number of Topliss-reactive ketones (excluding diaryl/α,β-unsaturated/α-hetero) is 1. The normalized spacial score (nSPS) is 24.6. The van der Waals surface area contributed by atoms with E-state index < -0.39 is 0 Å². The first-order chi connectivity index (χ1) is 9.98. The Bertz CT molecular complexity index is 580. The average Bonchev–Trinajstić information content (AvgIpc) is 2.46. The zero-order valence-electron chi connectivity index (χ0n) is 12.7. The van der Waals surface area contributed by atoms with Crippen LogP contribution in [0.2, 0.25) is 0 Å². The van der Waals surface area contributed by atoms with E-state index in [-0.39, 0.29) is 23.1 Å². The molecule has 0 saturated carbocycles. The molecule has 1 aliphatic carbocycles. The van der Waals surface area contributed by atoms with Crippen LogP contribution in [0.4, 0.5) is 0 Å². The van der Waals surface area contributed by atoms with Gasteiger partial charge in [0.15, 0.2) is 5.78 Å². The number of piperazine rings is 1. The third-order valence-corrected chi connectivity index (χ3v) is 4.48. The van der Waals surface area contributed by atoms with Crippen molar-refractivity contribution in [1.29, 1.82) is 0 Å². The van der Waals surface area contributed by atoms with Gasteiger partial charge < -0.3 is 10.2 Å². The Morgan fingerprint density at radius 2 is 2.10 bits per heavy atom. The van der Waals surface area contributed by atoms with Crippen molar-refractivity contribution in [2.75, 3.05) is 19.6 Å². The van der Waals surface area contributed by atoms with E-state index in [9.17, 15) is 9.59 Å². The molecule has 4 nitrogen and oxygen atoms in total. The molecule has 1 aromatic carbocycles. The van der Waals surface area contributed by atoms with Crippen LogP contribution in [0.15, 0.2) is 24.3 Å². The predicted octanol–water partition coefficient (Wildman–Crippen LogP) is 1.96. The molecule has 1 heterocycles. The van der Waals surface area contributed by atoms with Crippen molar-refractivity contribution < 1.29 is 9.59 Å². The number of amides is 1. The molecule has 0 radical (unpaired) electrons. The van der Waals surface area contributed by atoms with Crippen molar-refractivity contribution in [3.05, 3.63) is 35.4 Å². The number of nitrogens with one attached hydrogen (secondary N) is 1. The number of nitrogens with zero attached hydrogens (tertiary/aromatic N) is 1. The van der Waals surface area contributed by atoms with Crippen LogP contribution < -0.4 is 5.32 Å². The van der Waals surface area contributed by atoms with E-state index in [0.29, 0.717) is 12.8 Å². The summed E-state index contributed by atoms with van der Waals surface area (Å²) < 4.78 is 0. The summed E-state index contributed by atoms with van der Waals surface area (Å²) in [5.74, 6) is 0.174. The molecule has 1 saturated heterocycles. The largest absolute Gasteiger partial charge is 0.339 e. The molecule has 0 spiro atoms. The zero-order chi connectivity index (χ0) is 15.0. The summed E-state index contributed by atoms with van der Waals surface area (Å²) in [5.41, 5.74) is 1.60. The lowest BCUT2D eigenvalue weighted by atomic mass is 9.81. The van der Waals surface area contributed by atoms with E-state index in [4.69, 9.17) is 0 Å². The summed E-state index contributed by atoms with van der Waals surface area (Å²) in [6, 6.07) is 7.57. The Morgan fingerprint density at radius 1 is 1.33 bits per heavy atom. The summed E-state index contributed by atoms with van der Waals surface area (Å²) in [5, 5.41) is 3.42. The number of ketones is 1. The first-order valence-electron chi connectivity index (χ1n) is 7.64. The predicted molar refractivity (Wildman–Crippen MR) is 81.4 cm³/mol. The molecule has 1 fully saturated rings. The highest BCUT2D eigenvalue weighted by molar-refractivity contribution is 6.01. The molecule has 0 bridgehead atoms. The average molecular weight is 286 g/mol. The molecule has 1 aromatic rings. The SMILES string of the molecule is CC1(C)CN(C(=O)C2CCC(=O)c3ccccc32)CCN1. The van der Waals surface area contributed by atoms with Crippen LogP contribution in [0, 0.1) is 0 Å². The highest BCUT2D eigenvalue weighted by atomic mass is 16.2. The zero-order valence-corrected chi connectivity index (χ0v) is 12.7. The van der Waals surface area contributed by atoms with Crippen LogP contribution in [-0.2, 0) is 4.79 Å². The van der Waals surface area contributed by atoms with Gasteiger partial charge in [-0.2, -0.15) is 0 Å². The second kappa shape index (κ2) is 5.26. The van der Waals surface area contributed by atoms with Gasteiger partial charge in [-0.1, -0.05) is 24.3 Å². The molecular weight excluding hydrogens is 264 g/mol. The summed E-state index contributed by atoms with van der Waals surface area (Å²) in [6.45, 7) is 6.52. The molecule has 1 atom stereocenters. The molecule has 21 heavy (non-hydrogen) atoms. The van der Waals surface area contributed by atoms with Gasteiger partial charge in [0.2, 0.25) is 5.91 Å². The minimum absolute atomic E-state index is 0.0437. The summed E-state index contributed by atoms with van der Waals surface area (Å²) in [6.07, 6.45) is 1.11. The number of hydrogen-bond donors (Lipinski definition) is 1. The number of fused-ring (bicyclic) bond motifs is 1. The van der Waals surface area contributed by atoms with E-state index in [1.165, 1.54) is 0 Å². The van der Waals surface area contributed by atoms with Crippen molar-refractivity contribution in [3.63, 3.8) is 0 Å². The van der Waals surface area contributed by atoms with Crippen molar-refractivity contribution in [2.24, 2.45) is 0 Å². The van der Waals surface area contributed by atoms with E-state index in [1.807, 2.05) is 29.2 Å². The van der Waals surface area contributed by atoms with Gasteiger partial charge in [0, 0.05) is 37.2 Å². The first kappa shape index (κ1) is 14.3. The molecule has 1 unspecified atom stereocenters. The van der Waals surface area contributed by atoms with Crippen LogP contribution in [0.25, 0.3) is 0 Å². The fraction of sp³-hybridized carbons (Fsp3) is 0.529. The number of carbonyl (C=O) groups excluding carboxylic acids is 2. The molecule has 4 heteroatoms. The Kier molecular flexibility index (Phi) is 3.57. The van der Waals surface area contributed by atoms with Crippen LogP contribution in [0.5, 0.6) is 0 Å². The number of benzene rings is 1. The van der Waals surface area contributed by atoms with Gasteiger partial charge in [0.05, 0.1) is 5.92 Å². The minimum atomic E-state index is -0.159. The van der Waals surface area contributed by atoms with E-state index in [1.54, 1.807) is 0 Å². The van der Waals surface area contributed by atoms with Gasteiger partial charge in [0.25, 0.3) is 0 Å². The number of carbonyl (C=O) groups is 2. The monoisotopic (exact) mass is 286 g/mol. The molecule has 2 aliphatic rings. The Hall–Kier alpha value is -1.68. The van der Waals surface area contributed by atoms with E-state index in [2.05, 4.69) is 19.2 Å². The Labute approximate surface area is 125 Å². The molecule has 0 aromatic heterocycles. The molecule has 1 aliphatic heterocycles. The van der Waals surface area contributed by atoms with Crippen LogP contribution in [0.3, 0.4) is 0 Å². The first-order valence-corrected chi connectivity index (χ1v) is 7.64. The van der Waals surface area contributed by atoms with Gasteiger partial charge in [0.1, 0.15) is 0 Å². The van der Waals surface area contributed by atoms with Gasteiger partial charge in [-0.3, -0.25) is 9.59 Å². The topological polar surface area (TPSA) is 49.4 Å². The smallest absolute Gasteiger partial charge is 0.230 e. The fourth-order valence-electron chi connectivity index (χ4n) is 3.43. The number of rotatable bonds is 1. The van der Waals surface area contributed by atoms with Gasteiger partial charge in [-0.15, -0.1) is 0 Å². The minimum Gasteiger partial charge on any atom is -0.339 e. The van der Waals surface area contributed by atoms with E-state index in [0.717, 1.165) is 30.8 Å². The maximum absolute atomic E-state index is 12.9. The summed E-state index contributed by atoms with van der Waals surface area (Å²) in [7, 11) is 0. The van der Waals surface area contributed by atoms with Crippen LogP contribution in [0.1, 0.15) is 48.5 Å². The summed E-state index contributed by atoms with van der Waals surface area (Å²) in [4.78, 5) is 26.8.